The number of hydrogen-bond donors (Lipinski definition) is 0. The Morgan fingerprint density at radius 2 is 1.79 bits per heavy atom. The van der Waals surface area contributed by atoms with Gasteiger partial charge in [-0.05, 0) is 38.1 Å². The van der Waals surface area contributed by atoms with Crippen molar-refractivity contribution in [3.05, 3.63) is 41.9 Å². The van der Waals surface area contributed by atoms with Crippen molar-refractivity contribution in [3.8, 4) is 0 Å². The zero-order valence-electron chi connectivity index (χ0n) is 14.8. The fourth-order valence-corrected chi connectivity index (χ4v) is 2.85. The van der Waals surface area contributed by atoms with Crippen LogP contribution in [0.15, 0.2) is 30.6 Å². The predicted octanol–water partition coefficient (Wildman–Crippen LogP) is 1.61. The first kappa shape index (κ1) is 16.6. The van der Waals surface area contributed by atoms with E-state index in [1.807, 2.05) is 19.3 Å². The Balaban J connectivity index is 1.68. The smallest absolute Gasteiger partial charge is 0.227 e. The van der Waals surface area contributed by atoms with Crippen LogP contribution in [0.5, 0.6) is 0 Å². The van der Waals surface area contributed by atoms with E-state index in [1.54, 1.807) is 0 Å². The van der Waals surface area contributed by atoms with Gasteiger partial charge in [0.25, 0.3) is 0 Å². The van der Waals surface area contributed by atoms with Crippen molar-refractivity contribution in [2.45, 2.75) is 13.3 Å². The standard InChI is InChI=1S/C18H26N6/c1-15-14-17(24-12-10-22(2)11-13-24)21-18(20-15)23(3)9-6-16-4-7-19-8-5-16/h4-5,7-8,14H,6,9-13H2,1-3H3. The predicted molar refractivity (Wildman–Crippen MR) is 97.7 cm³/mol. The van der Waals surface area contributed by atoms with E-state index in [2.05, 4.69) is 57.0 Å². The molecular formula is C18H26N6. The van der Waals surface area contributed by atoms with Crippen molar-refractivity contribution in [2.75, 3.05) is 56.6 Å². The topological polar surface area (TPSA) is 48.4 Å². The number of hydrogen-bond acceptors (Lipinski definition) is 6. The summed E-state index contributed by atoms with van der Waals surface area (Å²) in [5.41, 5.74) is 2.30. The van der Waals surface area contributed by atoms with Crippen LogP contribution >= 0.6 is 0 Å². The summed E-state index contributed by atoms with van der Waals surface area (Å²) < 4.78 is 0. The molecule has 1 saturated heterocycles. The van der Waals surface area contributed by atoms with E-state index in [0.29, 0.717) is 0 Å². The highest BCUT2D eigenvalue weighted by atomic mass is 15.3. The third kappa shape index (κ3) is 4.20. The molecule has 1 aliphatic heterocycles. The van der Waals surface area contributed by atoms with E-state index < -0.39 is 0 Å². The highest BCUT2D eigenvalue weighted by Gasteiger charge is 2.17. The molecule has 0 bridgehead atoms. The van der Waals surface area contributed by atoms with Crippen molar-refractivity contribution in [3.63, 3.8) is 0 Å². The van der Waals surface area contributed by atoms with Crippen LogP contribution in [0, 0.1) is 6.92 Å². The van der Waals surface area contributed by atoms with E-state index in [1.165, 1.54) is 5.56 Å². The summed E-state index contributed by atoms with van der Waals surface area (Å²) in [6.07, 6.45) is 4.63. The molecule has 6 nitrogen and oxygen atoms in total. The monoisotopic (exact) mass is 326 g/mol. The minimum Gasteiger partial charge on any atom is -0.354 e. The zero-order chi connectivity index (χ0) is 16.9. The number of aryl methyl sites for hydroxylation is 1. The van der Waals surface area contributed by atoms with Gasteiger partial charge < -0.3 is 14.7 Å². The molecule has 1 aliphatic rings. The maximum Gasteiger partial charge on any atom is 0.227 e. The van der Waals surface area contributed by atoms with E-state index in [0.717, 1.165) is 56.6 Å². The highest BCUT2D eigenvalue weighted by Crippen LogP contribution is 2.18. The Bertz CT molecular complexity index is 652. The number of anilines is 2. The molecule has 0 spiro atoms. The van der Waals surface area contributed by atoms with Gasteiger partial charge in [-0.25, -0.2) is 4.98 Å². The minimum absolute atomic E-state index is 0.804. The summed E-state index contributed by atoms with van der Waals surface area (Å²) in [6, 6.07) is 6.20. The van der Waals surface area contributed by atoms with Gasteiger partial charge in [-0.3, -0.25) is 4.98 Å². The minimum atomic E-state index is 0.804. The number of pyridine rings is 1. The SMILES string of the molecule is Cc1cc(N2CCN(C)CC2)nc(N(C)CCc2ccncc2)n1. The molecule has 0 aromatic carbocycles. The van der Waals surface area contributed by atoms with Crippen LogP contribution in [0.1, 0.15) is 11.3 Å². The van der Waals surface area contributed by atoms with Crippen LogP contribution in [0.4, 0.5) is 11.8 Å². The molecule has 0 N–H and O–H groups in total. The van der Waals surface area contributed by atoms with Crippen LogP contribution < -0.4 is 9.80 Å². The Morgan fingerprint density at radius 1 is 1.08 bits per heavy atom. The molecule has 2 aromatic rings. The Hall–Kier alpha value is -2.21. The van der Waals surface area contributed by atoms with Gasteiger partial charge in [-0.1, -0.05) is 0 Å². The van der Waals surface area contributed by atoms with Crippen molar-refractivity contribution < 1.29 is 0 Å². The lowest BCUT2D eigenvalue weighted by Crippen LogP contribution is -2.45. The van der Waals surface area contributed by atoms with Crippen molar-refractivity contribution in [2.24, 2.45) is 0 Å². The van der Waals surface area contributed by atoms with E-state index in [9.17, 15) is 0 Å². The lowest BCUT2D eigenvalue weighted by atomic mass is 10.2. The molecule has 1 fully saturated rings. The van der Waals surface area contributed by atoms with Crippen LogP contribution in [0.3, 0.4) is 0 Å². The van der Waals surface area contributed by atoms with Gasteiger partial charge in [0.1, 0.15) is 5.82 Å². The van der Waals surface area contributed by atoms with Gasteiger partial charge in [-0.15, -0.1) is 0 Å². The molecule has 6 heteroatoms. The summed E-state index contributed by atoms with van der Waals surface area (Å²) in [5.74, 6) is 1.85. The summed E-state index contributed by atoms with van der Waals surface area (Å²) in [6.45, 7) is 7.13. The average molecular weight is 326 g/mol. The summed E-state index contributed by atoms with van der Waals surface area (Å²) in [5, 5.41) is 0. The first-order valence-corrected chi connectivity index (χ1v) is 8.51. The van der Waals surface area contributed by atoms with Gasteiger partial charge in [0.2, 0.25) is 5.95 Å². The number of piperazine rings is 1. The molecule has 3 rings (SSSR count). The van der Waals surface area contributed by atoms with Crippen molar-refractivity contribution in [1.82, 2.24) is 19.9 Å². The lowest BCUT2D eigenvalue weighted by molar-refractivity contribution is 0.312. The molecule has 0 radical (unpaired) electrons. The van der Waals surface area contributed by atoms with Crippen LogP contribution in [0.25, 0.3) is 0 Å². The molecule has 24 heavy (non-hydrogen) atoms. The summed E-state index contributed by atoms with van der Waals surface area (Å²) in [7, 11) is 4.23. The van der Waals surface area contributed by atoms with Gasteiger partial charge in [0.15, 0.2) is 0 Å². The number of aromatic nitrogens is 3. The second kappa shape index (κ2) is 7.57. The molecule has 0 saturated carbocycles. The number of rotatable bonds is 5. The van der Waals surface area contributed by atoms with Gasteiger partial charge in [-0.2, -0.15) is 4.98 Å². The quantitative estimate of drug-likeness (QED) is 0.832. The Morgan fingerprint density at radius 3 is 2.50 bits per heavy atom. The molecule has 0 unspecified atom stereocenters. The first-order chi connectivity index (χ1) is 11.6. The zero-order valence-corrected chi connectivity index (χ0v) is 14.8. The number of likely N-dealkylation sites (N-methyl/N-ethyl adjacent to an activating group) is 2. The molecule has 0 aliphatic carbocycles. The fourth-order valence-electron chi connectivity index (χ4n) is 2.85. The molecule has 128 valence electrons. The molecular weight excluding hydrogens is 300 g/mol. The Kier molecular flexibility index (Phi) is 5.25. The molecule has 3 heterocycles. The third-order valence-electron chi connectivity index (χ3n) is 4.48. The van der Waals surface area contributed by atoms with Gasteiger partial charge >= 0.3 is 0 Å². The van der Waals surface area contributed by atoms with Crippen molar-refractivity contribution in [1.29, 1.82) is 0 Å². The number of nitrogens with zero attached hydrogens (tertiary/aromatic N) is 6. The third-order valence-corrected chi connectivity index (χ3v) is 4.48. The normalized spacial score (nSPS) is 15.5. The molecule has 0 amide bonds. The van der Waals surface area contributed by atoms with Crippen LogP contribution in [-0.2, 0) is 6.42 Å². The summed E-state index contributed by atoms with van der Waals surface area (Å²) >= 11 is 0. The van der Waals surface area contributed by atoms with Crippen LogP contribution in [-0.4, -0.2) is 66.7 Å². The van der Waals surface area contributed by atoms with Gasteiger partial charge in [0.05, 0.1) is 0 Å². The van der Waals surface area contributed by atoms with E-state index in [4.69, 9.17) is 4.98 Å². The highest BCUT2D eigenvalue weighted by molar-refractivity contribution is 5.46. The second-order valence-electron chi connectivity index (χ2n) is 6.48. The lowest BCUT2D eigenvalue weighted by Gasteiger charge is -2.33. The molecule has 2 aromatic heterocycles. The fraction of sp³-hybridized carbons (Fsp3) is 0.500. The van der Waals surface area contributed by atoms with Gasteiger partial charge in [0, 0.05) is 63.9 Å². The second-order valence-corrected chi connectivity index (χ2v) is 6.48. The van der Waals surface area contributed by atoms with Crippen LogP contribution in [0.2, 0.25) is 0 Å². The van der Waals surface area contributed by atoms with Crippen molar-refractivity contribution >= 4 is 11.8 Å². The Labute approximate surface area is 144 Å². The largest absolute Gasteiger partial charge is 0.354 e. The maximum absolute atomic E-state index is 4.80. The van der Waals surface area contributed by atoms with E-state index in [-0.39, 0.29) is 0 Å². The first-order valence-electron chi connectivity index (χ1n) is 8.51. The molecule has 0 atom stereocenters. The summed E-state index contributed by atoms with van der Waals surface area (Å²) in [4.78, 5) is 20.3. The average Bonchev–Trinajstić information content (AvgIpc) is 2.60. The van der Waals surface area contributed by atoms with E-state index >= 15 is 0 Å². The maximum atomic E-state index is 4.80.